The Balaban J connectivity index is 0.00000242. The molecule has 0 spiro atoms. The number of guanidine groups is 1. The molecule has 0 radical (unpaired) electrons. The molecule has 7 heteroatoms. The first-order valence-electron chi connectivity index (χ1n) is 7.06. The molecule has 0 aliphatic carbocycles. The first kappa shape index (κ1) is 19.5. The molecular formula is C15H21BrIN3OS. The van der Waals surface area contributed by atoms with Gasteiger partial charge in [0.2, 0.25) is 0 Å². The molecule has 0 saturated carbocycles. The van der Waals surface area contributed by atoms with Crippen LogP contribution in [-0.4, -0.2) is 25.6 Å². The Kier molecular flexibility index (Phi) is 9.81. The van der Waals surface area contributed by atoms with Gasteiger partial charge in [0.15, 0.2) is 5.96 Å². The Bertz CT molecular complexity index is 557. The summed E-state index contributed by atoms with van der Waals surface area (Å²) in [6.45, 7) is 4.52. The predicted octanol–water partition coefficient (Wildman–Crippen LogP) is 4.06. The molecule has 2 rings (SSSR count). The van der Waals surface area contributed by atoms with Crippen molar-refractivity contribution in [1.82, 2.24) is 10.6 Å². The number of rotatable bonds is 7. The molecule has 0 unspecified atom stereocenters. The summed E-state index contributed by atoms with van der Waals surface area (Å²) in [5.74, 6) is 1.85. The molecule has 0 aliphatic heterocycles. The van der Waals surface area contributed by atoms with Crippen LogP contribution in [0.2, 0.25) is 0 Å². The van der Waals surface area contributed by atoms with Crippen molar-refractivity contribution >= 4 is 57.2 Å². The Labute approximate surface area is 160 Å². The topological polar surface area (TPSA) is 49.6 Å². The van der Waals surface area contributed by atoms with Gasteiger partial charge in [-0.2, -0.15) is 0 Å². The van der Waals surface area contributed by atoms with Gasteiger partial charge in [0.05, 0.1) is 10.0 Å². The number of aliphatic imine (C=N–C) groups is 1. The van der Waals surface area contributed by atoms with Gasteiger partial charge in [-0.1, -0.05) is 0 Å². The van der Waals surface area contributed by atoms with Gasteiger partial charge < -0.3 is 15.1 Å². The summed E-state index contributed by atoms with van der Waals surface area (Å²) in [4.78, 5) is 5.94. The minimum Gasteiger partial charge on any atom is -0.469 e. The minimum atomic E-state index is 0. The van der Waals surface area contributed by atoms with Gasteiger partial charge in [-0.25, -0.2) is 0 Å². The third kappa shape index (κ3) is 7.15. The van der Waals surface area contributed by atoms with Crippen molar-refractivity contribution in [3.8, 4) is 0 Å². The van der Waals surface area contributed by atoms with Crippen LogP contribution in [0.5, 0.6) is 0 Å². The summed E-state index contributed by atoms with van der Waals surface area (Å²) in [5, 5.41) is 6.58. The SMILES string of the molecule is CCNC(=NCCc1ccc(Br)s1)NCCc1ccco1.I. The quantitative estimate of drug-likeness (QED) is 0.344. The van der Waals surface area contributed by atoms with Crippen LogP contribution in [0.4, 0.5) is 0 Å². The largest absolute Gasteiger partial charge is 0.469 e. The standard InChI is InChI=1S/C15H20BrN3OS.HI/c1-2-17-15(18-9-7-12-4-3-11-20-12)19-10-8-13-5-6-14(16)21-13;/h3-6,11H,2,7-10H2,1H3,(H2,17,18,19);1H. The Morgan fingerprint density at radius 3 is 2.77 bits per heavy atom. The van der Waals surface area contributed by atoms with E-state index in [2.05, 4.69) is 50.6 Å². The summed E-state index contributed by atoms with van der Waals surface area (Å²) >= 11 is 5.24. The van der Waals surface area contributed by atoms with E-state index in [1.165, 1.54) is 8.66 Å². The lowest BCUT2D eigenvalue weighted by molar-refractivity contribution is 0.507. The highest BCUT2D eigenvalue weighted by atomic mass is 127. The van der Waals surface area contributed by atoms with Crippen LogP contribution in [0.25, 0.3) is 0 Å². The molecule has 0 aromatic carbocycles. The number of thiophene rings is 1. The number of furan rings is 1. The third-order valence-electron chi connectivity index (χ3n) is 2.85. The monoisotopic (exact) mass is 497 g/mol. The van der Waals surface area contributed by atoms with Crippen LogP contribution < -0.4 is 10.6 Å². The fourth-order valence-electron chi connectivity index (χ4n) is 1.86. The second-order valence-corrected chi connectivity index (χ2v) is 7.02. The van der Waals surface area contributed by atoms with Crippen LogP contribution in [0.3, 0.4) is 0 Å². The van der Waals surface area contributed by atoms with Crippen molar-refractivity contribution in [3.05, 3.63) is 45.0 Å². The van der Waals surface area contributed by atoms with Crippen molar-refractivity contribution in [2.75, 3.05) is 19.6 Å². The fourth-order valence-corrected chi connectivity index (χ4v) is 3.34. The Hall–Kier alpha value is -0.540. The average Bonchev–Trinajstić information content (AvgIpc) is 3.11. The number of nitrogens with zero attached hydrogens (tertiary/aromatic N) is 1. The maximum absolute atomic E-state index is 5.31. The Morgan fingerprint density at radius 2 is 2.14 bits per heavy atom. The van der Waals surface area contributed by atoms with E-state index in [1.807, 2.05) is 12.1 Å². The number of hydrogen-bond donors (Lipinski definition) is 2. The van der Waals surface area contributed by atoms with E-state index in [-0.39, 0.29) is 24.0 Å². The van der Waals surface area contributed by atoms with E-state index in [0.29, 0.717) is 0 Å². The van der Waals surface area contributed by atoms with Crippen molar-refractivity contribution in [1.29, 1.82) is 0 Å². The molecule has 0 fully saturated rings. The van der Waals surface area contributed by atoms with Gasteiger partial charge in [-0.15, -0.1) is 35.3 Å². The maximum atomic E-state index is 5.31. The van der Waals surface area contributed by atoms with Crippen LogP contribution in [0.1, 0.15) is 17.6 Å². The summed E-state index contributed by atoms with van der Waals surface area (Å²) in [7, 11) is 0. The highest BCUT2D eigenvalue weighted by Crippen LogP contribution is 2.22. The van der Waals surface area contributed by atoms with Gasteiger partial charge in [-0.3, -0.25) is 4.99 Å². The van der Waals surface area contributed by atoms with E-state index in [0.717, 1.165) is 44.2 Å². The zero-order valence-electron chi connectivity index (χ0n) is 12.5. The third-order valence-corrected chi connectivity index (χ3v) is 4.53. The van der Waals surface area contributed by atoms with E-state index in [9.17, 15) is 0 Å². The highest BCUT2D eigenvalue weighted by molar-refractivity contribution is 14.0. The van der Waals surface area contributed by atoms with Crippen LogP contribution >= 0.6 is 51.2 Å². The predicted molar refractivity (Wildman–Crippen MR) is 108 cm³/mol. The van der Waals surface area contributed by atoms with E-state index >= 15 is 0 Å². The first-order chi connectivity index (χ1) is 10.3. The zero-order chi connectivity index (χ0) is 14.9. The average molecular weight is 498 g/mol. The second-order valence-electron chi connectivity index (χ2n) is 4.47. The van der Waals surface area contributed by atoms with Gasteiger partial charge in [0, 0.05) is 37.4 Å². The molecule has 122 valence electrons. The van der Waals surface area contributed by atoms with Gasteiger partial charge in [0.25, 0.3) is 0 Å². The number of nitrogens with one attached hydrogen (secondary N) is 2. The van der Waals surface area contributed by atoms with Crippen molar-refractivity contribution in [2.24, 2.45) is 4.99 Å². The summed E-state index contributed by atoms with van der Waals surface area (Å²) < 4.78 is 6.48. The van der Waals surface area contributed by atoms with E-state index < -0.39 is 0 Å². The minimum absolute atomic E-state index is 0. The second kappa shape index (κ2) is 11.1. The van der Waals surface area contributed by atoms with Crippen LogP contribution in [0.15, 0.2) is 43.7 Å². The number of hydrogen-bond acceptors (Lipinski definition) is 3. The molecule has 22 heavy (non-hydrogen) atoms. The van der Waals surface area contributed by atoms with Gasteiger partial charge in [0.1, 0.15) is 5.76 Å². The molecule has 4 nitrogen and oxygen atoms in total. The molecule has 0 atom stereocenters. The Morgan fingerprint density at radius 1 is 1.27 bits per heavy atom. The lowest BCUT2D eigenvalue weighted by atomic mass is 10.3. The smallest absolute Gasteiger partial charge is 0.191 e. The molecule has 0 saturated heterocycles. The van der Waals surface area contributed by atoms with Crippen LogP contribution in [0, 0.1) is 0 Å². The molecule has 0 amide bonds. The van der Waals surface area contributed by atoms with Gasteiger partial charge >= 0.3 is 0 Å². The molecule has 0 aliphatic rings. The molecule has 2 N–H and O–H groups in total. The molecule has 2 aromatic heterocycles. The molecule has 0 bridgehead atoms. The lowest BCUT2D eigenvalue weighted by Gasteiger charge is -2.10. The summed E-state index contributed by atoms with van der Waals surface area (Å²) in [6.07, 6.45) is 3.52. The van der Waals surface area contributed by atoms with Gasteiger partial charge in [-0.05, 0) is 47.1 Å². The maximum Gasteiger partial charge on any atom is 0.191 e. The lowest BCUT2D eigenvalue weighted by Crippen LogP contribution is -2.38. The zero-order valence-corrected chi connectivity index (χ0v) is 17.2. The molecule has 2 aromatic rings. The summed E-state index contributed by atoms with van der Waals surface area (Å²) in [6, 6.07) is 8.12. The number of halogens is 2. The van der Waals surface area contributed by atoms with Crippen molar-refractivity contribution in [3.63, 3.8) is 0 Å². The highest BCUT2D eigenvalue weighted by Gasteiger charge is 2.00. The van der Waals surface area contributed by atoms with Crippen molar-refractivity contribution < 1.29 is 4.42 Å². The normalized spacial score (nSPS) is 11.1. The fraction of sp³-hybridized carbons (Fsp3) is 0.400. The van der Waals surface area contributed by atoms with E-state index in [1.54, 1.807) is 17.6 Å². The van der Waals surface area contributed by atoms with E-state index in [4.69, 9.17) is 4.42 Å². The van der Waals surface area contributed by atoms with Crippen molar-refractivity contribution in [2.45, 2.75) is 19.8 Å². The first-order valence-corrected chi connectivity index (χ1v) is 8.67. The summed E-state index contributed by atoms with van der Waals surface area (Å²) in [5.41, 5.74) is 0. The van der Waals surface area contributed by atoms with Crippen LogP contribution in [-0.2, 0) is 12.8 Å². The molecule has 2 heterocycles. The molecular weight excluding hydrogens is 477 g/mol.